The van der Waals surface area contributed by atoms with Gasteiger partial charge in [0.15, 0.2) is 0 Å². The van der Waals surface area contributed by atoms with E-state index < -0.39 is 17.2 Å². The topological polar surface area (TPSA) is 93.3 Å². The van der Waals surface area contributed by atoms with Crippen molar-refractivity contribution in [3.63, 3.8) is 0 Å². The average molecular weight is 514 g/mol. The molecule has 0 radical (unpaired) electrons. The molecule has 0 spiro atoms. The third-order valence-electron chi connectivity index (χ3n) is 5.85. The number of amides is 1. The van der Waals surface area contributed by atoms with E-state index >= 15 is 0 Å². The zero-order valence-corrected chi connectivity index (χ0v) is 20.8. The highest BCUT2D eigenvalue weighted by Gasteiger charge is 2.22. The van der Waals surface area contributed by atoms with Crippen LogP contribution < -0.4 is 16.6 Å². The van der Waals surface area contributed by atoms with Crippen LogP contribution in [-0.4, -0.2) is 20.1 Å². The molecular formula is C29H24ClN3O4. The molecule has 3 aromatic carbocycles. The second kappa shape index (κ2) is 11.5. The van der Waals surface area contributed by atoms with Crippen LogP contribution in [0.5, 0.6) is 5.75 Å². The van der Waals surface area contributed by atoms with E-state index in [0.717, 1.165) is 20.3 Å². The van der Waals surface area contributed by atoms with Crippen LogP contribution >= 0.6 is 11.6 Å². The summed E-state index contributed by atoms with van der Waals surface area (Å²) in [4.78, 5) is 38.7. The number of phenols is 1. The number of nitrogens with zero attached hydrogens (tertiary/aromatic N) is 2. The van der Waals surface area contributed by atoms with Crippen molar-refractivity contribution in [2.75, 3.05) is 5.32 Å². The van der Waals surface area contributed by atoms with Crippen molar-refractivity contribution < 1.29 is 9.90 Å². The molecule has 0 atom stereocenters. The monoisotopic (exact) mass is 513 g/mol. The Hall–Kier alpha value is -4.54. The minimum absolute atomic E-state index is 0.0595. The van der Waals surface area contributed by atoms with Crippen LogP contribution in [0.4, 0.5) is 5.69 Å². The van der Waals surface area contributed by atoms with E-state index in [1.807, 2.05) is 60.7 Å². The molecule has 0 saturated heterocycles. The van der Waals surface area contributed by atoms with Crippen LogP contribution in [0, 0.1) is 11.8 Å². The first-order chi connectivity index (χ1) is 17.8. The van der Waals surface area contributed by atoms with Gasteiger partial charge in [-0.2, -0.15) is 0 Å². The second-order valence-corrected chi connectivity index (χ2v) is 8.74. The van der Waals surface area contributed by atoms with Crippen molar-refractivity contribution in [2.24, 2.45) is 7.05 Å². The van der Waals surface area contributed by atoms with E-state index in [1.165, 1.54) is 19.2 Å². The molecule has 0 aliphatic rings. The molecular weight excluding hydrogens is 490 g/mol. The number of benzene rings is 3. The van der Waals surface area contributed by atoms with E-state index in [-0.39, 0.29) is 35.5 Å². The van der Waals surface area contributed by atoms with Gasteiger partial charge in [-0.25, -0.2) is 4.79 Å². The van der Waals surface area contributed by atoms with Crippen molar-refractivity contribution in [3.8, 4) is 17.6 Å². The van der Waals surface area contributed by atoms with Crippen molar-refractivity contribution in [2.45, 2.75) is 18.9 Å². The summed E-state index contributed by atoms with van der Waals surface area (Å²) in [6, 6.07) is 25.6. The Morgan fingerprint density at radius 3 is 2.19 bits per heavy atom. The molecule has 4 aromatic rings. The highest BCUT2D eigenvalue weighted by Crippen LogP contribution is 2.28. The van der Waals surface area contributed by atoms with Gasteiger partial charge < -0.3 is 10.4 Å². The Bertz CT molecular complexity index is 1560. The number of hydrogen-bond acceptors (Lipinski definition) is 4. The van der Waals surface area contributed by atoms with Gasteiger partial charge in [0.2, 0.25) is 5.91 Å². The maximum absolute atomic E-state index is 13.2. The predicted molar refractivity (Wildman–Crippen MR) is 144 cm³/mol. The maximum atomic E-state index is 13.2. The summed E-state index contributed by atoms with van der Waals surface area (Å²) in [7, 11) is 1.31. The lowest BCUT2D eigenvalue weighted by Gasteiger charge is -2.18. The summed E-state index contributed by atoms with van der Waals surface area (Å²) >= 11 is 6.44. The summed E-state index contributed by atoms with van der Waals surface area (Å²) in [6.07, 6.45) is 0.0595. The van der Waals surface area contributed by atoms with Crippen LogP contribution in [0.25, 0.3) is 0 Å². The molecule has 0 fully saturated rings. The Morgan fingerprint density at radius 2 is 1.59 bits per heavy atom. The van der Waals surface area contributed by atoms with E-state index in [4.69, 9.17) is 11.6 Å². The van der Waals surface area contributed by atoms with Gasteiger partial charge in [0.25, 0.3) is 5.56 Å². The van der Waals surface area contributed by atoms with Gasteiger partial charge >= 0.3 is 5.69 Å². The molecule has 186 valence electrons. The van der Waals surface area contributed by atoms with Crippen molar-refractivity contribution in [1.29, 1.82) is 0 Å². The zero-order valence-electron chi connectivity index (χ0n) is 20.0. The summed E-state index contributed by atoms with van der Waals surface area (Å²) in [5.41, 5.74) is 0.898. The van der Waals surface area contributed by atoms with E-state index in [9.17, 15) is 19.5 Å². The third-order valence-corrected chi connectivity index (χ3v) is 6.25. The second-order valence-electron chi connectivity index (χ2n) is 8.38. The number of aromatic hydroxyl groups is 1. The number of nitrogens with one attached hydrogen (secondary N) is 1. The molecule has 0 bridgehead atoms. The average Bonchev–Trinajstić information content (AvgIpc) is 2.91. The Balaban J connectivity index is 1.62. The van der Waals surface area contributed by atoms with Gasteiger partial charge in [-0.15, -0.1) is 0 Å². The first-order valence-electron chi connectivity index (χ1n) is 11.5. The lowest BCUT2D eigenvalue weighted by Crippen LogP contribution is -2.40. The van der Waals surface area contributed by atoms with Gasteiger partial charge in [-0.1, -0.05) is 90.2 Å². The highest BCUT2D eigenvalue weighted by atomic mass is 35.5. The maximum Gasteiger partial charge on any atom is 0.332 e. The van der Waals surface area contributed by atoms with Crippen molar-refractivity contribution >= 4 is 23.2 Å². The fraction of sp³-hybridized carbons (Fsp3) is 0.138. The largest absolute Gasteiger partial charge is 0.508 e. The molecule has 0 aliphatic heterocycles. The Kier molecular flexibility index (Phi) is 7.92. The fourth-order valence-electron chi connectivity index (χ4n) is 3.96. The molecule has 37 heavy (non-hydrogen) atoms. The van der Waals surface area contributed by atoms with Crippen molar-refractivity contribution in [3.05, 3.63) is 128 Å². The molecule has 1 heterocycles. The zero-order chi connectivity index (χ0) is 26.4. The number of hydrogen-bond donors (Lipinski definition) is 2. The molecule has 0 unspecified atom stereocenters. The minimum Gasteiger partial charge on any atom is -0.508 e. The molecule has 7 nitrogen and oxygen atoms in total. The number of rotatable bonds is 6. The molecule has 0 aliphatic carbocycles. The lowest BCUT2D eigenvalue weighted by atomic mass is 9.88. The van der Waals surface area contributed by atoms with Crippen molar-refractivity contribution in [1.82, 2.24) is 9.13 Å². The summed E-state index contributed by atoms with van der Waals surface area (Å²) in [5.74, 6) is 5.06. The van der Waals surface area contributed by atoms with Gasteiger partial charge in [0.1, 0.15) is 16.6 Å². The normalized spacial score (nSPS) is 10.6. The molecule has 1 amide bonds. The van der Waals surface area contributed by atoms with Crippen LogP contribution in [0.3, 0.4) is 0 Å². The van der Waals surface area contributed by atoms with Gasteiger partial charge in [-0.3, -0.25) is 18.7 Å². The minimum atomic E-state index is -0.712. The van der Waals surface area contributed by atoms with Gasteiger partial charge in [0, 0.05) is 24.9 Å². The smallest absolute Gasteiger partial charge is 0.332 e. The molecule has 8 heteroatoms. The molecule has 0 saturated carbocycles. The first-order valence-corrected chi connectivity index (χ1v) is 11.9. The summed E-state index contributed by atoms with van der Waals surface area (Å²) in [6.45, 7) is -0.124. The van der Waals surface area contributed by atoms with Crippen LogP contribution in [0.1, 0.15) is 29.0 Å². The van der Waals surface area contributed by atoms with Crippen LogP contribution in [-0.2, 0) is 18.4 Å². The highest BCUT2D eigenvalue weighted by molar-refractivity contribution is 6.32. The Labute approximate surface area is 218 Å². The molecule has 2 N–H and O–H groups in total. The van der Waals surface area contributed by atoms with Gasteiger partial charge in [0.05, 0.1) is 6.54 Å². The number of aromatic nitrogens is 2. The van der Waals surface area contributed by atoms with E-state index in [1.54, 1.807) is 12.1 Å². The van der Waals surface area contributed by atoms with Crippen LogP contribution in [0.2, 0.25) is 5.15 Å². The number of anilines is 1. The molecule has 1 aromatic heterocycles. The SMILES string of the molecule is Cn1c(=O)c(NC(=O)CC(c2ccccc2)c2ccccc2)c(Cl)n(CC#Cc2cccc(O)c2)c1=O. The number of halogens is 1. The first kappa shape index (κ1) is 25.5. The number of carbonyl (C=O) groups is 1. The number of phenolic OH excluding ortho intramolecular Hbond substituents is 1. The summed E-state index contributed by atoms with van der Waals surface area (Å²) < 4.78 is 1.99. The van der Waals surface area contributed by atoms with E-state index in [0.29, 0.717) is 5.56 Å². The van der Waals surface area contributed by atoms with Crippen LogP contribution in [0.15, 0.2) is 94.5 Å². The Morgan fingerprint density at radius 1 is 0.973 bits per heavy atom. The van der Waals surface area contributed by atoms with E-state index in [2.05, 4.69) is 17.2 Å². The standard InChI is InChI=1S/C29H24ClN3O4/c1-32-28(36)26(27(30)33(29(32)37)17-9-11-20-10-8-16-23(34)18-20)31-25(35)19-24(21-12-4-2-5-13-21)22-14-6-3-7-15-22/h2-8,10,12-16,18,24,34H,17,19H2,1H3,(H,31,35). The quantitative estimate of drug-likeness (QED) is 0.299. The molecule has 4 rings (SSSR count). The summed E-state index contributed by atoms with van der Waals surface area (Å²) in [5, 5.41) is 12.0. The fourth-order valence-corrected chi connectivity index (χ4v) is 4.22. The van der Waals surface area contributed by atoms with Gasteiger partial charge in [-0.05, 0) is 29.3 Å². The lowest BCUT2D eigenvalue weighted by molar-refractivity contribution is -0.116. The predicted octanol–water partition coefficient (Wildman–Crippen LogP) is 4.12. The third kappa shape index (κ3) is 6.00. The number of carbonyl (C=O) groups excluding carboxylic acids is 1.